The first-order chi connectivity index (χ1) is 12.8. The summed E-state index contributed by atoms with van der Waals surface area (Å²) in [6, 6.07) is 5.92. The van der Waals surface area contributed by atoms with E-state index in [2.05, 4.69) is 16.0 Å². The Bertz CT molecular complexity index is 1020. The molecule has 0 spiro atoms. The molecule has 2 aromatic carbocycles. The second-order valence-corrected chi connectivity index (χ2v) is 6.76. The highest BCUT2D eigenvalue weighted by molar-refractivity contribution is 6.41. The molecule has 27 heavy (non-hydrogen) atoms. The van der Waals surface area contributed by atoms with Gasteiger partial charge in [-0.2, -0.15) is 5.10 Å². The summed E-state index contributed by atoms with van der Waals surface area (Å²) < 4.78 is 28.6. The number of amides is 1. The molecule has 0 aliphatic rings. The second kappa shape index (κ2) is 7.72. The molecule has 5 nitrogen and oxygen atoms in total. The Balaban J connectivity index is 1.88. The van der Waals surface area contributed by atoms with Crippen LogP contribution in [0.2, 0.25) is 15.1 Å². The van der Waals surface area contributed by atoms with Crippen molar-refractivity contribution in [2.45, 2.75) is 0 Å². The van der Waals surface area contributed by atoms with Gasteiger partial charge in [0.15, 0.2) is 0 Å². The highest BCUT2D eigenvalue weighted by Gasteiger charge is 2.20. The number of carbonyl (C=O) groups excluding carboxylic acids is 1. The zero-order valence-corrected chi connectivity index (χ0v) is 15.9. The van der Waals surface area contributed by atoms with Crippen molar-refractivity contribution in [1.29, 1.82) is 0 Å². The van der Waals surface area contributed by atoms with Crippen LogP contribution in [0.3, 0.4) is 0 Å². The molecule has 10 heteroatoms. The molecule has 0 unspecified atom stereocenters. The molecule has 0 aliphatic carbocycles. The molecule has 1 aromatic heterocycles. The van der Waals surface area contributed by atoms with Gasteiger partial charge >= 0.3 is 0 Å². The number of hydrazine groups is 1. The van der Waals surface area contributed by atoms with Gasteiger partial charge < -0.3 is 0 Å². The molecular weight excluding hydrogens is 421 g/mol. The number of aromatic nitrogens is 2. The number of nitrogens with one attached hydrogen (secondary N) is 2. The third-order valence-electron chi connectivity index (χ3n) is 3.57. The van der Waals surface area contributed by atoms with Gasteiger partial charge in [-0.05, 0) is 24.3 Å². The van der Waals surface area contributed by atoms with Crippen LogP contribution in [0, 0.1) is 11.6 Å². The minimum absolute atomic E-state index is 0.00953. The molecule has 0 atom stereocenters. The van der Waals surface area contributed by atoms with Gasteiger partial charge in [0.05, 0.1) is 21.3 Å². The van der Waals surface area contributed by atoms with Gasteiger partial charge in [0.25, 0.3) is 5.91 Å². The average molecular weight is 432 g/mol. The normalized spacial score (nSPS) is 10.7. The summed E-state index contributed by atoms with van der Waals surface area (Å²) in [5.41, 5.74) is 5.39. The van der Waals surface area contributed by atoms with E-state index in [1.54, 1.807) is 7.05 Å². The van der Waals surface area contributed by atoms with Gasteiger partial charge in [0.1, 0.15) is 17.3 Å². The van der Waals surface area contributed by atoms with Crippen molar-refractivity contribution >= 4 is 46.4 Å². The predicted octanol–water partition coefficient (Wildman–Crippen LogP) is 5.08. The Morgan fingerprint density at radius 2 is 1.78 bits per heavy atom. The van der Waals surface area contributed by atoms with E-state index in [0.717, 1.165) is 12.1 Å². The SMILES string of the molecule is Cn1cc(C(=O)NNc2c(Cl)cc(Cl)cc2Cl)c(-c2ccc(F)cc2F)n1. The van der Waals surface area contributed by atoms with Crippen molar-refractivity contribution in [3.63, 3.8) is 0 Å². The minimum Gasteiger partial charge on any atom is -0.295 e. The average Bonchev–Trinajstić information content (AvgIpc) is 2.95. The number of halogens is 5. The summed E-state index contributed by atoms with van der Waals surface area (Å²) in [6.45, 7) is 0. The molecule has 140 valence electrons. The van der Waals surface area contributed by atoms with E-state index < -0.39 is 17.5 Å². The summed E-state index contributed by atoms with van der Waals surface area (Å²) in [5, 5.41) is 4.82. The van der Waals surface area contributed by atoms with E-state index in [1.165, 1.54) is 29.1 Å². The van der Waals surface area contributed by atoms with Crippen LogP contribution in [0.5, 0.6) is 0 Å². The zero-order chi connectivity index (χ0) is 19.7. The monoisotopic (exact) mass is 430 g/mol. The second-order valence-electron chi connectivity index (χ2n) is 5.51. The van der Waals surface area contributed by atoms with Crippen LogP contribution in [-0.2, 0) is 7.05 Å². The van der Waals surface area contributed by atoms with Crippen molar-refractivity contribution in [3.05, 3.63) is 68.8 Å². The molecule has 0 aliphatic heterocycles. The minimum atomic E-state index is -0.834. The van der Waals surface area contributed by atoms with Crippen molar-refractivity contribution in [2.24, 2.45) is 7.05 Å². The molecule has 0 saturated carbocycles. The number of rotatable bonds is 4. The predicted molar refractivity (Wildman–Crippen MR) is 101 cm³/mol. The fourth-order valence-corrected chi connectivity index (χ4v) is 3.29. The van der Waals surface area contributed by atoms with Gasteiger partial charge in [-0.3, -0.25) is 20.3 Å². The maximum absolute atomic E-state index is 14.1. The fraction of sp³-hybridized carbons (Fsp3) is 0.0588. The molecule has 0 radical (unpaired) electrons. The summed E-state index contributed by atoms with van der Waals surface area (Å²) in [4.78, 5) is 12.6. The van der Waals surface area contributed by atoms with Gasteiger partial charge in [0, 0.05) is 29.9 Å². The van der Waals surface area contributed by atoms with Crippen molar-refractivity contribution in [2.75, 3.05) is 5.43 Å². The fourth-order valence-electron chi connectivity index (χ4n) is 2.38. The lowest BCUT2D eigenvalue weighted by Crippen LogP contribution is -2.29. The van der Waals surface area contributed by atoms with Crippen LogP contribution in [0.15, 0.2) is 36.5 Å². The van der Waals surface area contributed by atoms with E-state index in [4.69, 9.17) is 34.8 Å². The van der Waals surface area contributed by atoms with Gasteiger partial charge in [-0.15, -0.1) is 0 Å². The Labute approximate surface area is 167 Å². The Morgan fingerprint density at radius 3 is 2.41 bits per heavy atom. The van der Waals surface area contributed by atoms with Crippen molar-refractivity contribution in [3.8, 4) is 11.3 Å². The standard InChI is InChI=1S/C17H11Cl3F2N4O/c1-26-7-11(15(25-26)10-3-2-9(21)6-14(10)22)17(27)24-23-16-12(19)4-8(18)5-13(16)20/h2-7,23H,1H3,(H,24,27). The molecule has 3 aromatic rings. The van der Waals surface area contributed by atoms with E-state index in [9.17, 15) is 13.6 Å². The first-order valence-corrected chi connectivity index (χ1v) is 8.59. The van der Waals surface area contributed by atoms with E-state index in [0.29, 0.717) is 5.02 Å². The van der Waals surface area contributed by atoms with Crippen LogP contribution in [-0.4, -0.2) is 15.7 Å². The number of hydrogen-bond acceptors (Lipinski definition) is 3. The number of carbonyl (C=O) groups is 1. The molecule has 0 fully saturated rings. The number of aryl methyl sites for hydroxylation is 1. The molecular formula is C17H11Cl3F2N4O. The maximum Gasteiger partial charge on any atom is 0.273 e. The zero-order valence-electron chi connectivity index (χ0n) is 13.7. The topological polar surface area (TPSA) is 59.0 Å². The molecule has 1 amide bonds. The lowest BCUT2D eigenvalue weighted by Gasteiger charge is -2.12. The highest BCUT2D eigenvalue weighted by atomic mass is 35.5. The number of hydrogen-bond donors (Lipinski definition) is 2. The molecule has 0 saturated heterocycles. The summed E-state index contributed by atoms with van der Waals surface area (Å²) >= 11 is 17.9. The summed E-state index contributed by atoms with van der Waals surface area (Å²) in [6.07, 6.45) is 1.40. The third kappa shape index (κ3) is 4.16. The van der Waals surface area contributed by atoms with Gasteiger partial charge in [-0.1, -0.05) is 34.8 Å². The van der Waals surface area contributed by atoms with E-state index >= 15 is 0 Å². The van der Waals surface area contributed by atoms with Crippen LogP contribution >= 0.6 is 34.8 Å². The van der Waals surface area contributed by atoms with Crippen molar-refractivity contribution in [1.82, 2.24) is 15.2 Å². The highest BCUT2D eigenvalue weighted by Crippen LogP contribution is 2.33. The smallest absolute Gasteiger partial charge is 0.273 e. The van der Waals surface area contributed by atoms with Crippen LogP contribution in [0.25, 0.3) is 11.3 Å². The van der Waals surface area contributed by atoms with Crippen molar-refractivity contribution < 1.29 is 13.6 Å². The van der Waals surface area contributed by atoms with E-state index in [1.807, 2.05) is 0 Å². The van der Waals surface area contributed by atoms with E-state index in [-0.39, 0.29) is 32.6 Å². The maximum atomic E-state index is 14.1. The molecule has 3 rings (SSSR count). The van der Waals surface area contributed by atoms with Crippen LogP contribution in [0.1, 0.15) is 10.4 Å². The first-order valence-electron chi connectivity index (χ1n) is 7.46. The molecule has 0 bridgehead atoms. The van der Waals surface area contributed by atoms with Crippen LogP contribution in [0.4, 0.5) is 14.5 Å². The summed E-state index contributed by atoms with van der Waals surface area (Å²) in [5.74, 6) is -2.18. The number of benzene rings is 2. The van der Waals surface area contributed by atoms with Gasteiger partial charge in [0.2, 0.25) is 0 Å². The number of nitrogens with zero attached hydrogens (tertiary/aromatic N) is 2. The lowest BCUT2D eigenvalue weighted by atomic mass is 10.1. The van der Waals surface area contributed by atoms with Gasteiger partial charge in [-0.25, -0.2) is 8.78 Å². The first kappa shape index (κ1) is 19.4. The molecule has 2 N–H and O–H groups in total. The Morgan fingerprint density at radius 1 is 1.11 bits per heavy atom. The summed E-state index contributed by atoms with van der Waals surface area (Å²) in [7, 11) is 1.57. The Hall–Kier alpha value is -2.35. The Kier molecular flexibility index (Phi) is 5.55. The quantitative estimate of drug-likeness (QED) is 0.566. The van der Waals surface area contributed by atoms with Crippen LogP contribution < -0.4 is 10.9 Å². The lowest BCUT2D eigenvalue weighted by molar-refractivity contribution is 0.0963. The largest absolute Gasteiger partial charge is 0.295 e. The number of anilines is 1. The molecule has 1 heterocycles. The third-order valence-corrected chi connectivity index (χ3v) is 4.38.